The summed E-state index contributed by atoms with van der Waals surface area (Å²) in [5.41, 5.74) is 5.92. The Hall–Kier alpha value is -2.36. The highest BCUT2D eigenvalue weighted by molar-refractivity contribution is 5.73. The van der Waals surface area contributed by atoms with Crippen molar-refractivity contribution in [2.45, 2.75) is 39.8 Å². The van der Waals surface area contributed by atoms with E-state index >= 15 is 0 Å². The predicted molar refractivity (Wildman–Crippen MR) is 90.3 cm³/mol. The Kier molecular flexibility index (Phi) is 3.61. The molecule has 4 heteroatoms. The van der Waals surface area contributed by atoms with Crippen LogP contribution in [0.4, 0.5) is 5.69 Å². The lowest BCUT2D eigenvalue weighted by atomic mass is 10.0. The number of aryl methyl sites for hydroxylation is 1. The molecule has 0 aromatic carbocycles. The van der Waals surface area contributed by atoms with Gasteiger partial charge in [-0.3, -0.25) is 9.97 Å². The Morgan fingerprint density at radius 2 is 1.82 bits per heavy atom. The number of nitrogens with zero attached hydrogens (tertiary/aromatic N) is 3. The molecule has 0 spiro atoms. The number of hydrogen-bond acceptors (Lipinski definition) is 4. The van der Waals surface area contributed by atoms with Crippen LogP contribution in [0.25, 0.3) is 5.70 Å². The second-order valence-electron chi connectivity index (χ2n) is 6.74. The summed E-state index contributed by atoms with van der Waals surface area (Å²) < 4.78 is 0. The smallest absolute Gasteiger partial charge is 0.0602 e. The van der Waals surface area contributed by atoms with E-state index in [2.05, 4.69) is 66.2 Å². The van der Waals surface area contributed by atoms with Crippen LogP contribution in [0.15, 0.2) is 43.1 Å². The number of fused-ring (bicyclic) bond motifs is 1. The lowest BCUT2D eigenvalue weighted by Crippen LogP contribution is -2.37. The van der Waals surface area contributed by atoms with Crippen molar-refractivity contribution in [2.75, 3.05) is 4.90 Å². The van der Waals surface area contributed by atoms with E-state index in [0.29, 0.717) is 0 Å². The maximum atomic E-state index is 4.28. The van der Waals surface area contributed by atoms with Gasteiger partial charge in [0.05, 0.1) is 5.70 Å². The molecule has 0 amide bonds. The van der Waals surface area contributed by atoms with Crippen LogP contribution in [0.3, 0.4) is 0 Å². The van der Waals surface area contributed by atoms with Gasteiger partial charge in [-0.05, 0) is 51.0 Å². The molecule has 22 heavy (non-hydrogen) atoms. The molecule has 0 unspecified atom stereocenters. The maximum absolute atomic E-state index is 4.28. The minimum absolute atomic E-state index is 0.00472. The molecule has 1 aliphatic heterocycles. The van der Waals surface area contributed by atoms with Gasteiger partial charge in [-0.25, -0.2) is 0 Å². The molecule has 0 saturated carbocycles. The molecule has 4 nitrogen and oxygen atoms in total. The SMILES string of the molecule is Cc1cnccc1N1C=C(NC(C)(C)C)c2cnccc2C1. The van der Waals surface area contributed by atoms with Crippen molar-refractivity contribution < 1.29 is 0 Å². The summed E-state index contributed by atoms with van der Waals surface area (Å²) in [4.78, 5) is 10.7. The molecule has 0 bridgehead atoms. The zero-order chi connectivity index (χ0) is 15.7. The molecule has 3 rings (SSSR count). The first-order valence-corrected chi connectivity index (χ1v) is 7.54. The second-order valence-corrected chi connectivity index (χ2v) is 6.74. The first kappa shape index (κ1) is 14.6. The minimum Gasteiger partial charge on any atom is -0.379 e. The van der Waals surface area contributed by atoms with E-state index in [9.17, 15) is 0 Å². The van der Waals surface area contributed by atoms with Crippen molar-refractivity contribution in [1.82, 2.24) is 15.3 Å². The van der Waals surface area contributed by atoms with Crippen LogP contribution >= 0.6 is 0 Å². The molecule has 3 heterocycles. The molecule has 114 valence electrons. The molecule has 2 aromatic heterocycles. The minimum atomic E-state index is -0.00472. The standard InChI is InChI=1S/C18H22N4/c1-13-9-19-8-6-17(13)22-11-14-5-7-20-10-15(14)16(12-22)21-18(2,3)4/h5-10,12,21H,11H2,1-4H3. The molecular formula is C18H22N4. The third-order valence-electron chi connectivity index (χ3n) is 3.64. The van der Waals surface area contributed by atoms with Crippen LogP contribution < -0.4 is 10.2 Å². The molecule has 1 N–H and O–H groups in total. The highest BCUT2D eigenvalue weighted by Crippen LogP contribution is 2.30. The monoisotopic (exact) mass is 294 g/mol. The average molecular weight is 294 g/mol. The van der Waals surface area contributed by atoms with Crippen LogP contribution in [0.2, 0.25) is 0 Å². The topological polar surface area (TPSA) is 41.1 Å². The first-order chi connectivity index (χ1) is 10.4. The van der Waals surface area contributed by atoms with Crippen molar-refractivity contribution in [2.24, 2.45) is 0 Å². The highest BCUT2D eigenvalue weighted by atomic mass is 15.1. The Labute approximate surface area is 131 Å². The van der Waals surface area contributed by atoms with E-state index in [1.807, 2.05) is 24.8 Å². The van der Waals surface area contributed by atoms with Crippen LogP contribution in [-0.2, 0) is 6.54 Å². The number of hydrogen-bond donors (Lipinski definition) is 1. The van der Waals surface area contributed by atoms with E-state index in [1.165, 1.54) is 22.4 Å². The summed E-state index contributed by atoms with van der Waals surface area (Å²) in [7, 11) is 0. The van der Waals surface area contributed by atoms with Gasteiger partial charge in [0.2, 0.25) is 0 Å². The first-order valence-electron chi connectivity index (χ1n) is 7.54. The summed E-state index contributed by atoms with van der Waals surface area (Å²) in [6, 6.07) is 4.16. The fourth-order valence-corrected chi connectivity index (χ4v) is 2.70. The van der Waals surface area contributed by atoms with Gasteiger partial charge >= 0.3 is 0 Å². The van der Waals surface area contributed by atoms with E-state index in [1.54, 1.807) is 0 Å². The van der Waals surface area contributed by atoms with Crippen molar-refractivity contribution in [3.63, 3.8) is 0 Å². The van der Waals surface area contributed by atoms with Crippen molar-refractivity contribution >= 4 is 11.4 Å². The Morgan fingerprint density at radius 1 is 1.09 bits per heavy atom. The van der Waals surface area contributed by atoms with Crippen LogP contribution in [-0.4, -0.2) is 15.5 Å². The van der Waals surface area contributed by atoms with Gasteiger partial charge in [-0.2, -0.15) is 0 Å². The van der Waals surface area contributed by atoms with E-state index in [-0.39, 0.29) is 5.54 Å². The highest BCUT2D eigenvalue weighted by Gasteiger charge is 2.22. The quantitative estimate of drug-likeness (QED) is 0.920. The number of aromatic nitrogens is 2. The molecule has 0 radical (unpaired) electrons. The Morgan fingerprint density at radius 3 is 2.55 bits per heavy atom. The molecule has 0 aliphatic carbocycles. The van der Waals surface area contributed by atoms with Gasteiger partial charge in [0.1, 0.15) is 0 Å². The fourth-order valence-electron chi connectivity index (χ4n) is 2.70. The van der Waals surface area contributed by atoms with Gasteiger partial charge in [-0.15, -0.1) is 0 Å². The van der Waals surface area contributed by atoms with E-state index < -0.39 is 0 Å². The average Bonchev–Trinajstić information content (AvgIpc) is 2.46. The van der Waals surface area contributed by atoms with E-state index in [0.717, 1.165) is 12.2 Å². The molecule has 0 atom stereocenters. The predicted octanol–water partition coefficient (Wildman–Crippen LogP) is 3.49. The Balaban J connectivity index is 2.05. The Bertz CT molecular complexity index is 713. The maximum Gasteiger partial charge on any atom is 0.0602 e. The number of anilines is 1. The number of rotatable bonds is 2. The third kappa shape index (κ3) is 2.96. The van der Waals surface area contributed by atoms with Gasteiger partial charge in [0.25, 0.3) is 0 Å². The van der Waals surface area contributed by atoms with Crippen molar-refractivity contribution in [3.8, 4) is 0 Å². The normalized spacial score (nSPS) is 14.4. The van der Waals surface area contributed by atoms with E-state index in [4.69, 9.17) is 0 Å². The summed E-state index contributed by atoms with van der Waals surface area (Å²) in [6.07, 6.45) is 9.72. The third-order valence-corrected chi connectivity index (χ3v) is 3.64. The lowest BCUT2D eigenvalue weighted by Gasteiger charge is -2.33. The zero-order valence-corrected chi connectivity index (χ0v) is 13.6. The molecule has 2 aromatic rings. The van der Waals surface area contributed by atoms with Crippen molar-refractivity contribution in [1.29, 1.82) is 0 Å². The zero-order valence-electron chi connectivity index (χ0n) is 13.6. The summed E-state index contributed by atoms with van der Waals surface area (Å²) in [5.74, 6) is 0. The molecular weight excluding hydrogens is 272 g/mol. The summed E-state index contributed by atoms with van der Waals surface area (Å²) in [6.45, 7) is 9.44. The van der Waals surface area contributed by atoms with Crippen LogP contribution in [0.5, 0.6) is 0 Å². The largest absolute Gasteiger partial charge is 0.379 e. The summed E-state index contributed by atoms with van der Waals surface area (Å²) in [5, 5.41) is 3.60. The molecule has 0 fully saturated rings. The van der Waals surface area contributed by atoms with Crippen LogP contribution in [0.1, 0.15) is 37.5 Å². The number of pyridine rings is 2. The van der Waals surface area contributed by atoms with Gasteiger partial charge < -0.3 is 10.2 Å². The van der Waals surface area contributed by atoms with Crippen LogP contribution in [0, 0.1) is 6.92 Å². The summed E-state index contributed by atoms with van der Waals surface area (Å²) >= 11 is 0. The van der Waals surface area contributed by atoms with Gasteiger partial charge in [-0.1, -0.05) is 0 Å². The molecule has 0 saturated heterocycles. The van der Waals surface area contributed by atoms with Crippen molar-refractivity contribution in [3.05, 3.63) is 59.8 Å². The van der Waals surface area contributed by atoms with Gasteiger partial charge in [0.15, 0.2) is 0 Å². The number of nitrogens with one attached hydrogen (secondary N) is 1. The fraction of sp³-hybridized carbons (Fsp3) is 0.333. The lowest BCUT2D eigenvalue weighted by molar-refractivity contribution is 0.499. The second kappa shape index (κ2) is 5.44. The van der Waals surface area contributed by atoms with Gasteiger partial charge in [0, 0.05) is 54.3 Å². The molecule has 1 aliphatic rings.